The third-order valence-electron chi connectivity index (χ3n) is 5.65. The number of rotatable bonds is 8. The van der Waals surface area contributed by atoms with Crippen molar-refractivity contribution in [1.29, 1.82) is 0 Å². The van der Waals surface area contributed by atoms with Crippen LogP contribution in [0.15, 0.2) is 42.5 Å². The summed E-state index contributed by atoms with van der Waals surface area (Å²) in [6.45, 7) is 4.65. The zero-order valence-corrected chi connectivity index (χ0v) is 17.8. The van der Waals surface area contributed by atoms with Crippen LogP contribution in [0.25, 0.3) is 10.8 Å². The van der Waals surface area contributed by atoms with Crippen molar-refractivity contribution < 1.29 is 14.4 Å². The minimum Gasteiger partial charge on any atom is -0.354 e. The summed E-state index contributed by atoms with van der Waals surface area (Å²) < 4.78 is 0. The molecule has 1 saturated heterocycles. The van der Waals surface area contributed by atoms with E-state index in [1.165, 1.54) is 6.92 Å². The highest BCUT2D eigenvalue weighted by Crippen LogP contribution is 2.23. The van der Waals surface area contributed by atoms with Gasteiger partial charge >= 0.3 is 0 Å². The second kappa shape index (κ2) is 10.2. The number of amides is 3. The van der Waals surface area contributed by atoms with E-state index in [9.17, 15) is 14.4 Å². The number of hydrogen-bond donors (Lipinski definition) is 2. The van der Waals surface area contributed by atoms with Crippen molar-refractivity contribution in [3.8, 4) is 0 Å². The summed E-state index contributed by atoms with van der Waals surface area (Å²) in [5.41, 5.74) is 1.00. The van der Waals surface area contributed by atoms with Crippen LogP contribution in [0.5, 0.6) is 0 Å². The van der Waals surface area contributed by atoms with E-state index in [0.717, 1.165) is 35.6 Å². The molecule has 0 aliphatic carbocycles. The van der Waals surface area contributed by atoms with E-state index in [-0.39, 0.29) is 17.7 Å². The van der Waals surface area contributed by atoms with Gasteiger partial charge in [0.15, 0.2) is 0 Å². The van der Waals surface area contributed by atoms with Crippen LogP contribution in [0.1, 0.15) is 45.1 Å². The summed E-state index contributed by atoms with van der Waals surface area (Å²) in [5.74, 6) is -0.538. The van der Waals surface area contributed by atoms with Gasteiger partial charge in [-0.15, -0.1) is 0 Å². The first-order chi connectivity index (χ1) is 14.5. The van der Waals surface area contributed by atoms with Gasteiger partial charge in [0.1, 0.15) is 12.1 Å². The first-order valence-electron chi connectivity index (χ1n) is 10.8. The van der Waals surface area contributed by atoms with Gasteiger partial charge in [-0.2, -0.15) is 0 Å². The van der Waals surface area contributed by atoms with Crippen molar-refractivity contribution in [1.82, 2.24) is 15.5 Å². The van der Waals surface area contributed by atoms with Crippen LogP contribution in [0.2, 0.25) is 0 Å². The molecule has 2 atom stereocenters. The molecule has 6 heteroatoms. The molecule has 0 bridgehead atoms. The van der Waals surface area contributed by atoms with E-state index < -0.39 is 12.1 Å². The monoisotopic (exact) mass is 409 g/mol. The lowest BCUT2D eigenvalue weighted by Crippen LogP contribution is -2.54. The fourth-order valence-electron chi connectivity index (χ4n) is 4.15. The van der Waals surface area contributed by atoms with Gasteiger partial charge in [-0.3, -0.25) is 14.4 Å². The maximum Gasteiger partial charge on any atom is 0.246 e. The molecule has 1 heterocycles. The predicted octanol–water partition coefficient (Wildman–Crippen LogP) is 2.79. The van der Waals surface area contributed by atoms with Gasteiger partial charge in [0.05, 0.1) is 0 Å². The lowest BCUT2D eigenvalue weighted by Gasteiger charge is -2.29. The standard InChI is InChI=1S/C24H31N3O3/c1-3-4-14-25-23(29)22-13-8-15-27(22)24(30)21(26-17(2)28)16-19-11-7-10-18-9-5-6-12-20(18)19/h5-7,9-12,21-22H,3-4,8,13-16H2,1-2H3,(H,25,29)(H,26,28)/t21-,22+/m1/s1. The molecule has 0 aromatic heterocycles. The molecule has 0 unspecified atom stereocenters. The number of fused-ring (bicyclic) bond motifs is 1. The third-order valence-corrected chi connectivity index (χ3v) is 5.65. The highest BCUT2D eigenvalue weighted by Gasteiger charge is 2.37. The zero-order chi connectivity index (χ0) is 21.5. The molecular formula is C24H31N3O3. The van der Waals surface area contributed by atoms with Crippen molar-refractivity contribution in [2.24, 2.45) is 0 Å². The van der Waals surface area contributed by atoms with Crippen LogP contribution in [-0.4, -0.2) is 47.8 Å². The summed E-state index contributed by atoms with van der Waals surface area (Å²) in [6, 6.07) is 12.8. The summed E-state index contributed by atoms with van der Waals surface area (Å²) in [5, 5.41) is 7.93. The fraction of sp³-hybridized carbons (Fsp3) is 0.458. The largest absolute Gasteiger partial charge is 0.354 e. The highest BCUT2D eigenvalue weighted by atomic mass is 16.2. The Labute approximate surface area is 178 Å². The van der Waals surface area contributed by atoms with E-state index in [2.05, 4.69) is 17.6 Å². The number of carbonyl (C=O) groups excluding carboxylic acids is 3. The molecule has 6 nitrogen and oxygen atoms in total. The summed E-state index contributed by atoms with van der Waals surface area (Å²) in [4.78, 5) is 39.5. The Kier molecular flexibility index (Phi) is 7.44. The summed E-state index contributed by atoms with van der Waals surface area (Å²) in [7, 11) is 0. The van der Waals surface area contributed by atoms with Crippen molar-refractivity contribution >= 4 is 28.5 Å². The molecular weight excluding hydrogens is 378 g/mol. The number of carbonyl (C=O) groups is 3. The van der Waals surface area contributed by atoms with E-state index in [0.29, 0.717) is 25.9 Å². The fourth-order valence-corrected chi connectivity index (χ4v) is 4.15. The molecule has 2 aromatic rings. The highest BCUT2D eigenvalue weighted by molar-refractivity contribution is 5.93. The average Bonchev–Trinajstić information content (AvgIpc) is 3.23. The number of nitrogens with zero attached hydrogens (tertiary/aromatic N) is 1. The van der Waals surface area contributed by atoms with Crippen molar-refractivity contribution in [2.75, 3.05) is 13.1 Å². The van der Waals surface area contributed by atoms with Crippen LogP contribution in [0, 0.1) is 0 Å². The molecule has 2 aromatic carbocycles. The zero-order valence-electron chi connectivity index (χ0n) is 17.8. The Balaban J connectivity index is 1.79. The van der Waals surface area contributed by atoms with Gasteiger partial charge in [-0.25, -0.2) is 0 Å². The predicted molar refractivity (Wildman–Crippen MR) is 118 cm³/mol. The molecule has 1 fully saturated rings. The van der Waals surface area contributed by atoms with Crippen LogP contribution in [0.4, 0.5) is 0 Å². The number of hydrogen-bond acceptors (Lipinski definition) is 3. The van der Waals surface area contributed by atoms with Crippen LogP contribution in [0.3, 0.4) is 0 Å². The van der Waals surface area contributed by atoms with E-state index in [4.69, 9.17) is 0 Å². The third kappa shape index (κ3) is 5.17. The Hall–Kier alpha value is -2.89. The number of unbranched alkanes of at least 4 members (excludes halogenated alkanes) is 1. The van der Waals surface area contributed by atoms with Crippen LogP contribution in [-0.2, 0) is 20.8 Å². The minimum atomic E-state index is -0.697. The minimum absolute atomic E-state index is 0.0963. The average molecular weight is 410 g/mol. The van der Waals surface area contributed by atoms with Crippen LogP contribution < -0.4 is 10.6 Å². The van der Waals surface area contributed by atoms with Crippen molar-refractivity contribution in [2.45, 2.75) is 58.0 Å². The van der Waals surface area contributed by atoms with Crippen molar-refractivity contribution in [3.05, 3.63) is 48.0 Å². The normalized spacial score (nSPS) is 17.0. The maximum atomic E-state index is 13.4. The summed E-state index contributed by atoms with van der Waals surface area (Å²) >= 11 is 0. The molecule has 0 radical (unpaired) electrons. The van der Waals surface area contributed by atoms with E-state index in [1.807, 2.05) is 42.5 Å². The smallest absolute Gasteiger partial charge is 0.246 e. The van der Waals surface area contributed by atoms with Gasteiger partial charge in [0.2, 0.25) is 17.7 Å². The second-order valence-corrected chi connectivity index (χ2v) is 7.93. The maximum absolute atomic E-state index is 13.4. The van der Waals surface area contributed by atoms with Gasteiger partial charge < -0.3 is 15.5 Å². The lowest BCUT2D eigenvalue weighted by molar-refractivity contribution is -0.141. The number of nitrogens with one attached hydrogen (secondary N) is 2. The SMILES string of the molecule is CCCCNC(=O)[C@@H]1CCCN1C(=O)[C@@H](Cc1cccc2ccccc12)NC(C)=O. The summed E-state index contributed by atoms with van der Waals surface area (Å²) in [6.07, 6.45) is 3.76. The topological polar surface area (TPSA) is 78.5 Å². The van der Waals surface area contributed by atoms with Gasteiger partial charge in [-0.05, 0) is 35.6 Å². The molecule has 1 aliphatic rings. The van der Waals surface area contributed by atoms with Gasteiger partial charge in [0, 0.05) is 26.4 Å². The Morgan fingerprint density at radius 2 is 1.90 bits per heavy atom. The Bertz CT molecular complexity index is 906. The molecule has 30 heavy (non-hydrogen) atoms. The molecule has 2 N–H and O–H groups in total. The lowest BCUT2D eigenvalue weighted by atomic mass is 9.98. The second-order valence-electron chi connectivity index (χ2n) is 7.93. The Morgan fingerprint density at radius 3 is 2.67 bits per heavy atom. The molecule has 0 spiro atoms. The quantitative estimate of drug-likeness (QED) is 0.658. The first-order valence-corrected chi connectivity index (χ1v) is 10.8. The number of likely N-dealkylation sites (tertiary alicyclic amines) is 1. The Morgan fingerprint density at radius 1 is 1.13 bits per heavy atom. The molecule has 3 amide bonds. The van der Waals surface area contributed by atoms with E-state index >= 15 is 0 Å². The molecule has 3 rings (SSSR count). The van der Waals surface area contributed by atoms with Crippen LogP contribution >= 0.6 is 0 Å². The number of benzene rings is 2. The van der Waals surface area contributed by atoms with Gasteiger partial charge in [-0.1, -0.05) is 55.8 Å². The van der Waals surface area contributed by atoms with E-state index in [1.54, 1.807) is 4.90 Å². The molecule has 0 saturated carbocycles. The van der Waals surface area contributed by atoms with Gasteiger partial charge in [0.25, 0.3) is 0 Å². The molecule has 1 aliphatic heterocycles. The first kappa shape index (κ1) is 21.8. The molecule has 160 valence electrons. The van der Waals surface area contributed by atoms with Crippen molar-refractivity contribution in [3.63, 3.8) is 0 Å².